The van der Waals surface area contributed by atoms with Gasteiger partial charge in [0, 0.05) is 56.0 Å². The zero-order chi connectivity index (χ0) is 36.9. The Labute approximate surface area is 303 Å². The van der Waals surface area contributed by atoms with Crippen LogP contribution in [0, 0.1) is 6.92 Å². The van der Waals surface area contributed by atoms with Crippen LogP contribution >= 0.6 is 11.6 Å². The van der Waals surface area contributed by atoms with Gasteiger partial charge < -0.3 is 20.7 Å². The average molecular weight is 730 g/mol. The number of fused-ring (bicyclic) bond motifs is 2. The lowest BCUT2D eigenvalue weighted by atomic mass is 9.91. The first-order valence-corrected chi connectivity index (χ1v) is 17.4. The zero-order valence-electron chi connectivity index (χ0n) is 29.2. The maximum absolute atomic E-state index is 13.8. The first-order chi connectivity index (χ1) is 24.9. The molecule has 5 heterocycles. The number of hydrogen-bond donors (Lipinski definition) is 3. The number of nitrogens with zero attached hydrogens (tertiary/aromatic N) is 4. The summed E-state index contributed by atoms with van der Waals surface area (Å²) in [7, 11) is 4.38. The smallest absolute Gasteiger partial charge is 0.330 e. The highest BCUT2D eigenvalue weighted by Crippen LogP contribution is 2.41. The zero-order valence-corrected chi connectivity index (χ0v) is 30.0. The van der Waals surface area contributed by atoms with E-state index in [-0.39, 0.29) is 28.2 Å². The Kier molecular flexibility index (Phi) is 9.34. The number of halogens is 3. The van der Waals surface area contributed by atoms with E-state index in [1.807, 2.05) is 31.2 Å². The van der Waals surface area contributed by atoms with E-state index in [0.717, 1.165) is 93.9 Å². The van der Waals surface area contributed by atoms with E-state index in [4.69, 9.17) is 21.3 Å². The maximum atomic E-state index is 13.8. The highest BCUT2D eigenvalue weighted by molar-refractivity contribution is 6.36. The van der Waals surface area contributed by atoms with E-state index in [9.17, 15) is 23.2 Å². The molecule has 1 spiro atoms. The van der Waals surface area contributed by atoms with Crippen molar-refractivity contribution in [2.75, 3.05) is 25.5 Å². The van der Waals surface area contributed by atoms with Gasteiger partial charge in [-0.3, -0.25) is 18.7 Å². The Hall–Kier alpha value is -5.14. The van der Waals surface area contributed by atoms with E-state index in [1.165, 1.54) is 19.7 Å². The van der Waals surface area contributed by atoms with Crippen LogP contribution in [-0.4, -0.2) is 50.7 Å². The van der Waals surface area contributed by atoms with Gasteiger partial charge in [0.1, 0.15) is 16.9 Å². The number of pyridine rings is 2. The lowest BCUT2D eigenvalue weighted by molar-refractivity contribution is -0.120. The third kappa shape index (κ3) is 6.21. The van der Waals surface area contributed by atoms with Crippen LogP contribution in [0.3, 0.4) is 0 Å². The molecule has 3 aromatic heterocycles. The number of hydrogen-bond acceptors (Lipinski definition) is 8. The van der Waals surface area contributed by atoms with Gasteiger partial charge in [-0.15, -0.1) is 0 Å². The van der Waals surface area contributed by atoms with Gasteiger partial charge in [0.25, 0.3) is 12.0 Å². The molecule has 270 valence electrons. The molecule has 1 amide bonds. The van der Waals surface area contributed by atoms with Crippen molar-refractivity contribution in [3.8, 4) is 28.3 Å². The average Bonchev–Trinajstić information content (AvgIpc) is 3.77. The Morgan fingerprint density at radius 2 is 1.69 bits per heavy atom. The predicted molar refractivity (Wildman–Crippen MR) is 197 cm³/mol. The quantitative estimate of drug-likeness (QED) is 0.202. The maximum Gasteiger partial charge on any atom is 0.330 e. The minimum atomic E-state index is -2.91. The van der Waals surface area contributed by atoms with Crippen LogP contribution in [0.25, 0.3) is 33.3 Å². The number of aromatic nitrogens is 4. The summed E-state index contributed by atoms with van der Waals surface area (Å²) >= 11 is 7.04. The summed E-state index contributed by atoms with van der Waals surface area (Å²) in [5.41, 5.74) is 5.06. The molecule has 0 saturated carbocycles. The first kappa shape index (κ1) is 35.3. The van der Waals surface area contributed by atoms with Gasteiger partial charge in [-0.05, 0) is 67.5 Å². The molecule has 52 heavy (non-hydrogen) atoms. The van der Waals surface area contributed by atoms with Crippen molar-refractivity contribution in [3.63, 3.8) is 0 Å². The van der Waals surface area contributed by atoms with E-state index >= 15 is 0 Å². The number of anilines is 2. The number of aryl methyl sites for hydroxylation is 2. The number of carbonyl (C=O) groups excluding carboxylic acids is 1. The van der Waals surface area contributed by atoms with E-state index < -0.39 is 23.4 Å². The predicted octanol–water partition coefficient (Wildman–Crippen LogP) is 5.74. The SMILES string of the molecule is COc1nc(-c2cccc(-c3cccc(Nc4nc(C(F)F)cc5c4c(=O)n(C)c(=O)n5C)c3C)c2Cl)cc2c1CCC2.O=C1CCC2(CNC2)N1. The molecular weight excluding hydrogens is 692 g/mol. The van der Waals surface area contributed by atoms with Crippen LogP contribution in [0.4, 0.5) is 20.3 Å². The third-order valence-electron chi connectivity index (χ3n) is 10.3. The first-order valence-electron chi connectivity index (χ1n) is 17.0. The van der Waals surface area contributed by atoms with Crippen LogP contribution in [0.5, 0.6) is 5.88 Å². The van der Waals surface area contributed by atoms with Gasteiger partial charge >= 0.3 is 5.69 Å². The van der Waals surface area contributed by atoms with Crippen molar-refractivity contribution >= 4 is 39.9 Å². The van der Waals surface area contributed by atoms with Crippen LogP contribution in [0.1, 0.15) is 48.1 Å². The topological polar surface area (TPSA) is 132 Å². The molecule has 3 aliphatic rings. The van der Waals surface area contributed by atoms with E-state index in [0.29, 0.717) is 16.6 Å². The molecule has 0 atom stereocenters. The van der Waals surface area contributed by atoms with Crippen molar-refractivity contribution in [2.45, 2.75) is 51.0 Å². The van der Waals surface area contributed by atoms with Crippen molar-refractivity contribution in [1.29, 1.82) is 0 Å². The van der Waals surface area contributed by atoms with Gasteiger partial charge in [0.05, 0.1) is 28.9 Å². The molecule has 1 aliphatic carbocycles. The minimum Gasteiger partial charge on any atom is -0.481 e. The van der Waals surface area contributed by atoms with Crippen LogP contribution in [0.15, 0.2) is 58.1 Å². The lowest BCUT2D eigenvalue weighted by Gasteiger charge is -2.38. The normalized spacial score (nSPS) is 15.7. The van der Waals surface area contributed by atoms with E-state index in [2.05, 4.69) is 27.0 Å². The Balaban J connectivity index is 0.000000404. The standard InChI is InChI=1S/C32H28ClF2N5O3.C6H10N2O/c1-16-18(20-11-6-12-21(27(20)33)23-14-17-8-5-10-19(17)30(38-23)43-4)9-7-13-22(16)36-29-26-25(15-24(37-29)28(34)35)39(2)32(42)40(3)31(26)41;9-5-1-2-6(8-5)3-7-4-6/h6-7,9,11-15,28H,5,8,10H2,1-4H3,(H,36,37);7H,1-4H2,(H,8,9). The van der Waals surface area contributed by atoms with Crippen molar-refractivity contribution in [2.24, 2.45) is 14.1 Å². The van der Waals surface area contributed by atoms with Gasteiger partial charge in [-0.2, -0.15) is 0 Å². The fraction of sp³-hybridized carbons (Fsp3) is 0.342. The molecule has 2 aliphatic heterocycles. The minimum absolute atomic E-state index is 0.0236. The number of methoxy groups -OCH3 is 1. The summed E-state index contributed by atoms with van der Waals surface area (Å²) in [4.78, 5) is 45.3. The van der Waals surface area contributed by atoms with Crippen molar-refractivity contribution < 1.29 is 18.3 Å². The number of nitrogens with one attached hydrogen (secondary N) is 3. The fourth-order valence-corrected chi connectivity index (χ4v) is 7.58. The van der Waals surface area contributed by atoms with Crippen molar-refractivity contribution in [1.82, 2.24) is 29.7 Å². The largest absolute Gasteiger partial charge is 0.481 e. The Morgan fingerprint density at radius 1 is 0.962 bits per heavy atom. The molecule has 2 aromatic carbocycles. The van der Waals surface area contributed by atoms with E-state index in [1.54, 1.807) is 19.2 Å². The molecule has 8 rings (SSSR count). The number of rotatable bonds is 6. The highest BCUT2D eigenvalue weighted by Gasteiger charge is 2.42. The second kappa shape index (κ2) is 13.8. The Bertz CT molecular complexity index is 2370. The molecule has 2 fully saturated rings. The summed E-state index contributed by atoms with van der Waals surface area (Å²) in [6.07, 6.45) is 1.78. The number of alkyl halides is 2. The summed E-state index contributed by atoms with van der Waals surface area (Å²) in [5, 5.41) is 9.74. The number of amides is 1. The molecule has 0 bridgehead atoms. The summed E-state index contributed by atoms with van der Waals surface area (Å²) < 4.78 is 35.4. The van der Waals surface area contributed by atoms with Crippen LogP contribution < -0.4 is 31.9 Å². The molecule has 2 saturated heterocycles. The van der Waals surface area contributed by atoms with Crippen LogP contribution in [-0.2, 0) is 31.7 Å². The second-order valence-corrected chi connectivity index (χ2v) is 13.9. The molecule has 0 radical (unpaired) electrons. The second-order valence-electron chi connectivity index (χ2n) is 13.5. The van der Waals surface area contributed by atoms with Crippen LogP contribution in [0.2, 0.25) is 5.02 Å². The third-order valence-corrected chi connectivity index (χ3v) is 10.7. The molecule has 0 unspecified atom stereocenters. The molecule has 5 aromatic rings. The Morgan fingerprint density at radius 3 is 2.35 bits per heavy atom. The fourth-order valence-electron chi connectivity index (χ4n) is 7.26. The van der Waals surface area contributed by atoms with Gasteiger partial charge in [-0.1, -0.05) is 41.9 Å². The molecule has 14 heteroatoms. The lowest BCUT2D eigenvalue weighted by Crippen LogP contribution is -2.65. The monoisotopic (exact) mass is 729 g/mol. The highest BCUT2D eigenvalue weighted by atomic mass is 35.5. The summed E-state index contributed by atoms with van der Waals surface area (Å²) in [6, 6.07) is 14.3. The van der Waals surface area contributed by atoms with Gasteiger partial charge in [0.2, 0.25) is 11.8 Å². The number of ether oxygens (including phenoxy) is 1. The molecule has 11 nitrogen and oxygen atoms in total. The van der Waals surface area contributed by atoms with Gasteiger partial charge in [-0.25, -0.2) is 23.5 Å². The van der Waals surface area contributed by atoms with Gasteiger partial charge in [0.15, 0.2) is 0 Å². The molecular formula is C38H38ClF2N7O4. The summed E-state index contributed by atoms with van der Waals surface area (Å²) in [6.45, 7) is 3.81. The van der Waals surface area contributed by atoms with Crippen molar-refractivity contribution in [3.05, 3.63) is 96.8 Å². The number of carbonyl (C=O) groups is 1. The molecule has 3 N–H and O–H groups in total. The number of benzene rings is 2. The summed E-state index contributed by atoms with van der Waals surface area (Å²) in [5.74, 6) is 0.762.